The predicted octanol–water partition coefficient (Wildman–Crippen LogP) is 1.58. The molecule has 1 amide bonds. The van der Waals surface area contributed by atoms with E-state index in [9.17, 15) is 4.79 Å². The first-order valence-corrected chi connectivity index (χ1v) is 6.60. The van der Waals surface area contributed by atoms with Crippen LogP contribution in [0.25, 0.3) is 0 Å². The molecule has 0 radical (unpaired) electrons. The van der Waals surface area contributed by atoms with Crippen LogP contribution in [0.3, 0.4) is 0 Å². The Morgan fingerprint density at radius 3 is 3.12 bits per heavy atom. The SMILES string of the molecule is N#Cc1ccc(C(=O)NC[C@H]2CCCS2)nc1. The lowest BCUT2D eigenvalue weighted by Gasteiger charge is -2.09. The molecule has 0 aliphatic carbocycles. The van der Waals surface area contributed by atoms with E-state index in [-0.39, 0.29) is 5.91 Å². The van der Waals surface area contributed by atoms with Gasteiger partial charge in [-0.2, -0.15) is 17.0 Å². The lowest BCUT2D eigenvalue weighted by molar-refractivity contribution is 0.0948. The quantitative estimate of drug-likeness (QED) is 0.880. The Hall–Kier alpha value is -1.54. The second kappa shape index (κ2) is 5.69. The fraction of sp³-hybridized carbons (Fsp3) is 0.417. The number of carbonyl (C=O) groups is 1. The van der Waals surface area contributed by atoms with Crippen LogP contribution in [-0.4, -0.2) is 28.4 Å². The van der Waals surface area contributed by atoms with Crippen LogP contribution < -0.4 is 5.32 Å². The van der Waals surface area contributed by atoms with E-state index in [2.05, 4.69) is 10.3 Å². The minimum absolute atomic E-state index is 0.165. The summed E-state index contributed by atoms with van der Waals surface area (Å²) in [5.74, 6) is 1.03. The van der Waals surface area contributed by atoms with Crippen LogP contribution in [0.1, 0.15) is 28.9 Å². The summed E-state index contributed by atoms with van der Waals surface area (Å²) < 4.78 is 0. The van der Waals surface area contributed by atoms with Gasteiger partial charge in [0.2, 0.25) is 0 Å². The van der Waals surface area contributed by atoms with E-state index in [0.717, 1.165) is 0 Å². The van der Waals surface area contributed by atoms with Crippen molar-refractivity contribution in [2.24, 2.45) is 0 Å². The first kappa shape index (κ1) is 11.9. The molecule has 1 atom stereocenters. The van der Waals surface area contributed by atoms with Crippen molar-refractivity contribution in [3.8, 4) is 6.07 Å². The third kappa shape index (κ3) is 3.21. The fourth-order valence-corrected chi connectivity index (χ4v) is 2.90. The molecule has 17 heavy (non-hydrogen) atoms. The summed E-state index contributed by atoms with van der Waals surface area (Å²) in [6.45, 7) is 0.700. The highest BCUT2D eigenvalue weighted by Crippen LogP contribution is 2.25. The van der Waals surface area contributed by atoms with Gasteiger partial charge in [0.25, 0.3) is 5.91 Å². The van der Waals surface area contributed by atoms with Gasteiger partial charge in [0.1, 0.15) is 11.8 Å². The molecule has 4 nitrogen and oxygen atoms in total. The van der Waals surface area contributed by atoms with Crippen molar-refractivity contribution in [3.63, 3.8) is 0 Å². The molecule has 2 heterocycles. The molecule has 1 aromatic heterocycles. The molecule has 5 heteroatoms. The van der Waals surface area contributed by atoms with E-state index in [1.165, 1.54) is 24.8 Å². The molecule has 0 spiro atoms. The van der Waals surface area contributed by atoms with Gasteiger partial charge in [-0.05, 0) is 30.7 Å². The molecule has 1 aliphatic heterocycles. The predicted molar refractivity (Wildman–Crippen MR) is 66.8 cm³/mol. The van der Waals surface area contributed by atoms with Crippen molar-refractivity contribution < 1.29 is 4.79 Å². The molecule has 0 unspecified atom stereocenters. The zero-order valence-corrected chi connectivity index (χ0v) is 10.2. The normalized spacial score (nSPS) is 18.6. The largest absolute Gasteiger partial charge is 0.350 e. The molecular weight excluding hydrogens is 234 g/mol. The molecule has 0 saturated carbocycles. The van der Waals surface area contributed by atoms with Gasteiger partial charge >= 0.3 is 0 Å². The Kier molecular flexibility index (Phi) is 3.99. The number of hydrogen-bond donors (Lipinski definition) is 1. The average Bonchev–Trinajstić information content (AvgIpc) is 2.89. The highest BCUT2D eigenvalue weighted by molar-refractivity contribution is 8.00. The average molecular weight is 247 g/mol. The molecule has 0 bridgehead atoms. The van der Waals surface area contributed by atoms with Gasteiger partial charge in [-0.1, -0.05) is 0 Å². The number of nitrogens with one attached hydrogen (secondary N) is 1. The maximum Gasteiger partial charge on any atom is 0.269 e. The number of nitriles is 1. The summed E-state index contributed by atoms with van der Waals surface area (Å²) >= 11 is 1.91. The van der Waals surface area contributed by atoms with Gasteiger partial charge in [0.15, 0.2) is 0 Å². The van der Waals surface area contributed by atoms with Gasteiger partial charge in [0, 0.05) is 18.0 Å². The van der Waals surface area contributed by atoms with Crippen LogP contribution in [0.5, 0.6) is 0 Å². The van der Waals surface area contributed by atoms with E-state index in [1.54, 1.807) is 12.1 Å². The minimum atomic E-state index is -0.165. The van der Waals surface area contributed by atoms with Crippen LogP contribution in [-0.2, 0) is 0 Å². The van der Waals surface area contributed by atoms with E-state index in [0.29, 0.717) is 23.1 Å². The third-order valence-corrected chi connectivity index (χ3v) is 4.04. The molecule has 0 aromatic carbocycles. The molecular formula is C12H13N3OS. The smallest absolute Gasteiger partial charge is 0.269 e. The molecule has 1 fully saturated rings. The number of nitrogens with zero attached hydrogens (tertiary/aromatic N) is 2. The summed E-state index contributed by atoms with van der Waals surface area (Å²) in [4.78, 5) is 15.7. The molecule has 88 valence electrons. The number of thioether (sulfide) groups is 1. The highest BCUT2D eigenvalue weighted by atomic mass is 32.2. The Morgan fingerprint density at radius 2 is 2.53 bits per heavy atom. The molecule has 1 aromatic rings. The second-order valence-electron chi connectivity index (χ2n) is 3.89. The highest BCUT2D eigenvalue weighted by Gasteiger charge is 2.16. The Labute approximate surface area is 104 Å². The van der Waals surface area contributed by atoms with Gasteiger partial charge in [-0.3, -0.25) is 4.79 Å². The first-order valence-electron chi connectivity index (χ1n) is 5.55. The first-order chi connectivity index (χ1) is 8.29. The van der Waals surface area contributed by atoms with Crippen LogP contribution in [0, 0.1) is 11.3 Å². The van der Waals surface area contributed by atoms with Gasteiger partial charge in [0.05, 0.1) is 5.56 Å². The van der Waals surface area contributed by atoms with Crippen molar-refractivity contribution in [2.75, 3.05) is 12.3 Å². The summed E-state index contributed by atoms with van der Waals surface area (Å²) in [6, 6.07) is 5.15. The maximum atomic E-state index is 11.7. The number of carbonyl (C=O) groups excluding carboxylic acids is 1. The molecule has 1 saturated heterocycles. The van der Waals surface area contributed by atoms with E-state index in [1.807, 2.05) is 17.8 Å². The van der Waals surface area contributed by atoms with E-state index in [4.69, 9.17) is 5.26 Å². The van der Waals surface area contributed by atoms with E-state index >= 15 is 0 Å². The van der Waals surface area contributed by atoms with Gasteiger partial charge < -0.3 is 5.32 Å². The number of pyridine rings is 1. The van der Waals surface area contributed by atoms with E-state index < -0.39 is 0 Å². The van der Waals surface area contributed by atoms with Gasteiger partial charge in [-0.25, -0.2) is 4.98 Å². The third-order valence-electron chi connectivity index (χ3n) is 2.64. The molecule has 1 aliphatic rings. The maximum absolute atomic E-state index is 11.7. The van der Waals surface area contributed by atoms with Crippen molar-refractivity contribution >= 4 is 17.7 Å². The van der Waals surface area contributed by atoms with Crippen molar-refractivity contribution in [3.05, 3.63) is 29.6 Å². The van der Waals surface area contributed by atoms with Crippen molar-refractivity contribution in [1.82, 2.24) is 10.3 Å². The minimum Gasteiger partial charge on any atom is -0.350 e. The fourth-order valence-electron chi connectivity index (χ4n) is 1.70. The van der Waals surface area contributed by atoms with Crippen molar-refractivity contribution in [2.45, 2.75) is 18.1 Å². The van der Waals surface area contributed by atoms with Crippen LogP contribution in [0.4, 0.5) is 0 Å². The van der Waals surface area contributed by atoms with Crippen LogP contribution >= 0.6 is 11.8 Å². The molecule has 2 rings (SSSR count). The Balaban J connectivity index is 1.88. The standard InChI is InChI=1S/C12H13N3OS/c13-6-9-3-4-11(14-7-9)12(16)15-8-10-2-1-5-17-10/h3-4,7,10H,1-2,5,8H2,(H,15,16)/t10-/m1/s1. The Bertz CT molecular complexity index is 432. The zero-order chi connectivity index (χ0) is 12.1. The zero-order valence-electron chi connectivity index (χ0n) is 9.35. The van der Waals surface area contributed by atoms with Crippen LogP contribution in [0.15, 0.2) is 18.3 Å². The monoisotopic (exact) mass is 247 g/mol. The lowest BCUT2D eigenvalue weighted by Crippen LogP contribution is -2.30. The lowest BCUT2D eigenvalue weighted by atomic mass is 10.2. The number of aromatic nitrogens is 1. The summed E-state index contributed by atoms with van der Waals surface area (Å²) in [5.41, 5.74) is 0.833. The topological polar surface area (TPSA) is 65.8 Å². The molecule has 1 N–H and O–H groups in total. The summed E-state index contributed by atoms with van der Waals surface area (Å²) in [7, 11) is 0. The van der Waals surface area contributed by atoms with Crippen LogP contribution in [0.2, 0.25) is 0 Å². The van der Waals surface area contributed by atoms with Crippen molar-refractivity contribution in [1.29, 1.82) is 5.26 Å². The Morgan fingerprint density at radius 1 is 1.65 bits per heavy atom. The number of rotatable bonds is 3. The second-order valence-corrected chi connectivity index (χ2v) is 5.30. The summed E-state index contributed by atoms with van der Waals surface area (Å²) in [5, 5.41) is 12.0. The number of hydrogen-bond acceptors (Lipinski definition) is 4. The van der Waals surface area contributed by atoms with Gasteiger partial charge in [-0.15, -0.1) is 0 Å². The number of amides is 1. The summed E-state index contributed by atoms with van der Waals surface area (Å²) in [6.07, 6.45) is 3.82.